The number of nitrogens with zero attached hydrogens (tertiary/aromatic N) is 1. The van der Waals surface area contributed by atoms with Gasteiger partial charge in [0, 0.05) is 19.2 Å². The number of hydrogen-bond acceptors (Lipinski definition) is 3. The van der Waals surface area contributed by atoms with Crippen molar-refractivity contribution in [3.63, 3.8) is 0 Å². The third-order valence-electron chi connectivity index (χ3n) is 3.75. The third-order valence-corrected chi connectivity index (χ3v) is 4.68. The van der Waals surface area contributed by atoms with Crippen molar-refractivity contribution in [2.45, 2.75) is 36.6 Å². The highest BCUT2D eigenvalue weighted by atomic mass is 32.2. The number of amides is 1. The van der Waals surface area contributed by atoms with Gasteiger partial charge < -0.3 is 4.90 Å². The molecule has 1 aliphatic carbocycles. The SMILES string of the molecule is CN(C(=O)c1cc(S(N)(=O)=O)c(F)cc1F)C1CCCC1. The molecule has 2 N–H and O–H groups in total. The predicted molar refractivity (Wildman–Crippen MR) is 72.1 cm³/mol. The Morgan fingerprint density at radius 1 is 1.24 bits per heavy atom. The normalized spacial score (nSPS) is 16.2. The van der Waals surface area contributed by atoms with Gasteiger partial charge >= 0.3 is 0 Å². The van der Waals surface area contributed by atoms with Crippen LogP contribution in [0.4, 0.5) is 8.78 Å². The lowest BCUT2D eigenvalue weighted by molar-refractivity contribution is 0.0730. The Balaban J connectivity index is 2.41. The molecule has 0 atom stereocenters. The highest BCUT2D eigenvalue weighted by Gasteiger charge is 2.28. The summed E-state index contributed by atoms with van der Waals surface area (Å²) >= 11 is 0. The number of carbonyl (C=O) groups is 1. The number of benzene rings is 1. The van der Waals surface area contributed by atoms with Crippen LogP contribution >= 0.6 is 0 Å². The lowest BCUT2D eigenvalue weighted by atomic mass is 10.1. The average Bonchev–Trinajstić information content (AvgIpc) is 2.89. The maximum absolute atomic E-state index is 13.8. The van der Waals surface area contributed by atoms with Crippen LogP contribution in [0, 0.1) is 11.6 Å². The summed E-state index contributed by atoms with van der Waals surface area (Å²) < 4.78 is 49.8. The van der Waals surface area contributed by atoms with Crippen molar-refractivity contribution >= 4 is 15.9 Å². The minimum absolute atomic E-state index is 0.0140. The van der Waals surface area contributed by atoms with Gasteiger partial charge in [0.15, 0.2) is 0 Å². The smallest absolute Gasteiger partial charge is 0.256 e. The van der Waals surface area contributed by atoms with Crippen LogP contribution in [-0.2, 0) is 10.0 Å². The van der Waals surface area contributed by atoms with Crippen LogP contribution in [0.2, 0.25) is 0 Å². The standard InChI is InChI=1S/C13H16F2N2O3S/c1-17(8-4-2-3-5-8)13(18)9-6-12(21(16,19)20)11(15)7-10(9)14/h6-8H,2-5H2,1H3,(H2,16,19,20). The molecule has 1 amide bonds. The van der Waals surface area contributed by atoms with Gasteiger partial charge in [-0.05, 0) is 18.9 Å². The summed E-state index contributed by atoms with van der Waals surface area (Å²) in [6, 6.07) is 1.02. The van der Waals surface area contributed by atoms with Crippen LogP contribution in [0.15, 0.2) is 17.0 Å². The van der Waals surface area contributed by atoms with Crippen LogP contribution < -0.4 is 5.14 Å². The average molecular weight is 318 g/mol. The summed E-state index contributed by atoms with van der Waals surface area (Å²) in [4.78, 5) is 12.8. The quantitative estimate of drug-likeness (QED) is 0.919. The van der Waals surface area contributed by atoms with E-state index in [2.05, 4.69) is 0 Å². The number of hydrogen-bond donors (Lipinski definition) is 1. The van der Waals surface area contributed by atoms with E-state index >= 15 is 0 Å². The highest BCUT2D eigenvalue weighted by molar-refractivity contribution is 7.89. The molecule has 0 radical (unpaired) electrons. The van der Waals surface area contributed by atoms with Crippen LogP contribution in [0.1, 0.15) is 36.0 Å². The maximum Gasteiger partial charge on any atom is 0.256 e. The minimum atomic E-state index is -4.36. The Morgan fingerprint density at radius 2 is 1.81 bits per heavy atom. The molecule has 0 aromatic heterocycles. The first kappa shape index (κ1) is 15.8. The van der Waals surface area contributed by atoms with Gasteiger partial charge in [-0.15, -0.1) is 0 Å². The molecule has 21 heavy (non-hydrogen) atoms. The van der Waals surface area contributed by atoms with E-state index in [0.717, 1.165) is 25.7 Å². The Bertz CT molecular complexity index is 670. The molecule has 0 aliphatic heterocycles. The number of primary sulfonamides is 1. The fourth-order valence-electron chi connectivity index (χ4n) is 2.56. The van der Waals surface area contributed by atoms with Crippen molar-refractivity contribution in [2.75, 3.05) is 7.05 Å². The Labute approximate surface area is 121 Å². The monoisotopic (exact) mass is 318 g/mol. The summed E-state index contributed by atoms with van der Waals surface area (Å²) in [5.74, 6) is -3.09. The number of halogens is 2. The number of nitrogens with two attached hydrogens (primary N) is 1. The first-order valence-corrected chi connectivity index (χ1v) is 8.05. The fraction of sp³-hybridized carbons (Fsp3) is 0.462. The van der Waals surface area contributed by atoms with E-state index in [4.69, 9.17) is 5.14 Å². The van der Waals surface area contributed by atoms with Crippen molar-refractivity contribution in [3.05, 3.63) is 29.3 Å². The highest BCUT2D eigenvalue weighted by Crippen LogP contribution is 2.25. The Morgan fingerprint density at radius 3 is 2.33 bits per heavy atom. The topological polar surface area (TPSA) is 80.5 Å². The van der Waals surface area contributed by atoms with Gasteiger partial charge in [-0.2, -0.15) is 0 Å². The van der Waals surface area contributed by atoms with E-state index < -0.39 is 38.0 Å². The van der Waals surface area contributed by atoms with Crippen molar-refractivity contribution in [1.82, 2.24) is 4.90 Å². The summed E-state index contributed by atoms with van der Waals surface area (Å²) in [7, 11) is -2.84. The molecular weight excluding hydrogens is 302 g/mol. The van der Waals surface area contributed by atoms with E-state index in [1.54, 1.807) is 0 Å². The summed E-state index contributed by atoms with van der Waals surface area (Å²) in [6.07, 6.45) is 3.59. The van der Waals surface area contributed by atoms with Crippen LogP contribution in [0.3, 0.4) is 0 Å². The molecule has 2 rings (SSSR count). The maximum atomic E-state index is 13.8. The zero-order valence-corrected chi connectivity index (χ0v) is 12.3. The van der Waals surface area contributed by atoms with Crippen LogP contribution in [0.25, 0.3) is 0 Å². The van der Waals surface area contributed by atoms with E-state index in [0.29, 0.717) is 12.1 Å². The minimum Gasteiger partial charge on any atom is -0.339 e. The summed E-state index contributed by atoms with van der Waals surface area (Å²) in [5.41, 5.74) is -0.491. The van der Waals surface area contributed by atoms with Gasteiger partial charge in [0.05, 0.1) is 5.56 Å². The molecule has 1 aromatic carbocycles. The second-order valence-corrected chi connectivity index (χ2v) is 6.69. The number of sulfonamides is 1. The van der Waals surface area contributed by atoms with E-state index in [1.165, 1.54) is 11.9 Å². The van der Waals surface area contributed by atoms with Gasteiger partial charge in [0.2, 0.25) is 10.0 Å². The van der Waals surface area contributed by atoms with Gasteiger partial charge in [0.25, 0.3) is 5.91 Å². The molecule has 1 aromatic rings. The molecule has 1 fully saturated rings. The molecule has 0 unspecified atom stereocenters. The molecule has 8 heteroatoms. The lowest BCUT2D eigenvalue weighted by Crippen LogP contribution is -2.35. The zero-order valence-electron chi connectivity index (χ0n) is 11.5. The van der Waals surface area contributed by atoms with Crippen LogP contribution in [0.5, 0.6) is 0 Å². The van der Waals surface area contributed by atoms with Crippen LogP contribution in [-0.4, -0.2) is 32.3 Å². The molecule has 0 spiro atoms. The first-order chi connectivity index (χ1) is 9.71. The van der Waals surface area contributed by atoms with E-state index in [-0.39, 0.29) is 6.04 Å². The Hall–Kier alpha value is -1.54. The van der Waals surface area contributed by atoms with Gasteiger partial charge in [0.1, 0.15) is 16.5 Å². The number of carbonyl (C=O) groups excluding carboxylic acids is 1. The largest absolute Gasteiger partial charge is 0.339 e. The Kier molecular flexibility index (Phi) is 4.29. The molecule has 116 valence electrons. The van der Waals surface area contributed by atoms with Gasteiger partial charge in [-0.3, -0.25) is 4.79 Å². The second kappa shape index (κ2) is 5.69. The third kappa shape index (κ3) is 3.21. The molecule has 0 bridgehead atoms. The molecular formula is C13H16F2N2O3S. The fourth-order valence-corrected chi connectivity index (χ4v) is 3.17. The predicted octanol–water partition coefficient (Wildman–Crippen LogP) is 1.63. The molecule has 1 saturated carbocycles. The van der Waals surface area contributed by atoms with E-state index in [1.807, 2.05) is 0 Å². The lowest BCUT2D eigenvalue weighted by Gasteiger charge is -2.24. The van der Waals surface area contributed by atoms with E-state index in [9.17, 15) is 22.0 Å². The van der Waals surface area contributed by atoms with Crippen molar-refractivity contribution < 1.29 is 22.0 Å². The molecule has 5 nitrogen and oxygen atoms in total. The molecule has 1 aliphatic rings. The first-order valence-electron chi connectivity index (χ1n) is 6.51. The van der Waals surface area contributed by atoms with Gasteiger partial charge in [-0.25, -0.2) is 22.3 Å². The van der Waals surface area contributed by atoms with Crippen molar-refractivity contribution in [2.24, 2.45) is 5.14 Å². The molecule has 0 saturated heterocycles. The number of rotatable bonds is 3. The zero-order chi connectivity index (χ0) is 15.8. The van der Waals surface area contributed by atoms with Gasteiger partial charge in [-0.1, -0.05) is 12.8 Å². The van der Waals surface area contributed by atoms with Crippen molar-refractivity contribution in [1.29, 1.82) is 0 Å². The summed E-state index contributed by atoms with van der Waals surface area (Å²) in [5, 5.41) is 4.86. The summed E-state index contributed by atoms with van der Waals surface area (Å²) in [6.45, 7) is 0. The molecule has 0 heterocycles. The van der Waals surface area contributed by atoms with Crippen molar-refractivity contribution in [3.8, 4) is 0 Å². The second-order valence-electron chi connectivity index (χ2n) is 5.16.